The second-order valence-electron chi connectivity index (χ2n) is 7.13. The molecule has 1 aromatic rings. The van der Waals surface area contributed by atoms with Crippen LogP contribution in [0.25, 0.3) is 0 Å². The Morgan fingerprint density at radius 2 is 1.93 bits per heavy atom. The van der Waals surface area contributed by atoms with Gasteiger partial charge >= 0.3 is 0 Å². The lowest BCUT2D eigenvalue weighted by atomic mass is 10.1. The number of carbonyl (C=O) groups is 3. The SMILES string of the molecule is CCCCOCCCN1CC(C(=O)NCCCc2ccc(Cl)c(Cl)c2)C(=O)C1=O. The van der Waals surface area contributed by atoms with E-state index >= 15 is 0 Å². The molecule has 1 heterocycles. The number of benzene rings is 1. The molecule has 2 rings (SSSR count). The number of hydrogen-bond acceptors (Lipinski definition) is 4. The topological polar surface area (TPSA) is 75.7 Å². The maximum absolute atomic E-state index is 12.3. The van der Waals surface area contributed by atoms with Crippen LogP contribution in [-0.2, 0) is 25.5 Å². The number of Topliss-reactive ketones (excluding diaryl/α,β-unsaturated/α-hetero) is 1. The first-order chi connectivity index (χ1) is 13.9. The Hall–Kier alpha value is -1.63. The van der Waals surface area contributed by atoms with Crippen LogP contribution in [0, 0.1) is 5.92 Å². The van der Waals surface area contributed by atoms with E-state index in [9.17, 15) is 14.4 Å². The number of amides is 2. The largest absolute Gasteiger partial charge is 0.381 e. The molecule has 1 fully saturated rings. The number of carbonyl (C=O) groups excluding carboxylic acids is 3. The minimum absolute atomic E-state index is 0.144. The Labute approximate surface area is 181 Å². The van der Waals surface area contributed by atoms with Gasteiger partial charge in [-0.25, -0.2) is 0 Å². The van der Waals surface area contributed by atoms with E-state index in [2.05, 4.69) is 12.2 Å². The molecule has 1 saturated heterocycles. The highest BCUT2D eigenvalue weighted by atomic mass is 35.5. The highest BCUT2D eigenvalue weighted by Gasteiger charge is 2.42. The van der Waals surface area contributed by atoms with Gasteiger partial charge in [0, 0.05) is 32.8 Å². The first kappa shape index (κ1) is 23.6. The van der Waals surface area contributed by atoms with Gasteiger partial charge in [-0.15, -0.1) is 0 Å². The number of unbranched alkanes of at least 4 members (excludes halogenated alkanes) is 1. The van der Waals surface area contributed by atoms with E-state index in [1.807, 2.05) is 6.07 Å². The summed E-state index contributed by atoms with van der Waals surface area (Å²) in [6, 6.07) is 5.43. The number of hydrogen-bond donors (Lipinski definition) is 1. The molecule has 2 amide bonds. The van der Waals surface area contributed by atoms with E-state index in [0.29, 0.717) is 49.2 Å². The second-order valence-corrected chi connectivity index (χ2v) is 7.94. The Morgan fingerprint density at radius 3 is 2.66 bits per heavy atom. The summed E-state index contributed by atoms with van der Waals surface area (Å²) < 4.78 is 5.47. The van der Waals surface area contributed by atoms with Gasteiger partial charge in [-0.05, 0) is 43.4 Å². The molecular formula is C21H28Cl2N2O4. The lowest BCUT2D eigenvalue weighted by molar-refractivity contribution is -0.142. The van der Waals surface area contributed by atoms with Crippen molar-refractivity contribution >= 4 is 40.8 Å². The predicted molar refractivity (Wildman–Crippen MR) is 113 cm³/mol. The highest BCUT2D eigenvalue weighted by molar-refractivity contribution is 6.42. The average molecular weight is 443 g/mol. The molecule has 0 spiro atoms. The zero-order valence-electron chi connectivity index (χ0n) is 16.7. The number of halogens is 2. The molecular weight excluding hydrogens is 415 g/mol. The van der Waals surface area contributed by atoms with Crippen molar-refractivity contribution in [3.05, 3.63) is 33.8 Å². The molecule has 0 aromatic heterocycles. The van der Waals surface area contributed by atoms with Crippen molar-refractivity contribution in [2.75, 3.05) is 32.8 Å². The third kappa shape index (κ3) is 7.28. The third-order valence-electron chi connectivity index (χ3n) is 4.82. The van der Waals surface area contributed by atoms with Gasteiger partial charge in [0.1, 0.15) is 5.92 Å². The molecule has 1 N–H and O–H groups in total. The van der Waals surface area contributed by atoms with Crippen molar-refractivity contribution in [1.29, 1.82) is 0 Å². The minimum atomic E-state index is -0.923. The summed E-state index contributed by atoms with van der Waals surface area (Å²) in [5.41, 5.74) is 1.02. The Balaban J connectivity index is 1.69. The van der Waals surface area contributed by atoms with E-state index in [-0.39, 0.29) is 12.5 Å². The number of rotatable bonds is 12. The molecule has 0 aliphatic carbocycles. The molecule has 8 heteroatoms. The van der Waals surface area contributed by atoms with Crippen molar-refractivity contribution in [2.45, 2.75) is 39.0 Å². The monoisotopic (exact) mass is 442 g/mol. The van der Waals surface area contributed by atoms with Crippen LogP contribution >= 0.6 is 23.2 Å². The molecule has 1 aromatic carbocycles. The van der Waals surface area contributed by atoms with Crippen molar-refractivity contribution in [2.24, 2.45) is 5.92 Å². The van der Waals surface area contributed by atoms with Crippen molar-refractivity contribution in [3.8, 4) is 0 Å². The number of likely N-dealkylation sites (tertiary alicyclic amines) is 1. The van der Waals surface area contributed by atoms with Gasteiger partial charge in [0.25, 0.3) is 5.91 Å². The molecule has 1 unspecified atom stereocenters. The number of aryl methyl sites for hydroxylation is 1. The standard InChI is InChI=1S/C21H28Cl2N2O4/c1-2-3-11-29-12-5-10-25-14-16(19(26)21(25)28)20(27)24-9-4-6-15-7-8-17(22)18(23)13-15/h7-8,13,16H,2-6,9-12,14H2,1H3,(H,24,27). The quantitative estimate of drug-likeness (QED) is 0.306. The second kappa shape index (κ2) is 12.2. The molecule has 0 bridgehead atoms. The summed E-state index contributed by atoms with van der Waals surface area (Å²) in [6.45, 7) is 4.34. The summed E-state index contributed by atoms with van der Waals surface area (Å²) in [7, 11) is 0. The maximum Gasteiger partial charge on any atom is 0.290 e. The fraction of sp³-hybridized carbons (Fsp3) is 0.571. The zero-order valence-corrected chi connectivity index (χ0v) is 18.2. The van der Waals surface area contributed by atoms with Gasteiger partial charge in [0.15, 0.2) is 0 Å². The van der Waals surface area contributed by atoms with Gasteiger partial charge in [-0.2, -0.15) is 0 Å². The molecule has 1 aliphatic heterocycles. The highest BCUT2D eigenvalue weighted by Crippen LogP contribution is 2.23. The molecule has 6 nitrogen and oxygen atoms in total. The molecule has 1 aliphatic rings. The van der Waals surface area contributed by atoms with E-state index in [0.717, 1.165) is 24.8 Å². The lowest BCUT2D eigenvalue weighted by Gasteiger charge is -2.15. The molecule has 1 atom stereocenters. The summed E-state index contributed by atoms with van der Waals surface area (Å²) >= 11 is 11.9. The lowest BCUT2D eigenvalue weighted by Crippen LogP contribution is -2.36. The summed E-state index contributed by atoms with van der Waals surface area (Å²) in [4.78, 5) is 38.0. The van der Waals surface area contributed by atoms with Crippen LogP contribution in [0.4, 0.5) is 0 Å². The number of ketones is 1. The molecule has 0 radical (unpaired) electrons. The maximum atomic E-state index is 12.3. The van der Waals surface area contributed by atoms with Crippen LogP contribution in [0.2, 0.25) is 10.0 Å². The van der Waals surface area contributed by atoms with Gasteiger partial charge in [0.2, 0.25) is 11.7 Å². The van der Waals surface area contributed by atoms with Gasteiger partial charge in [-0.1, -0.05) is 42.6 Å². The molecule has 29 heavy (non-hydrogen) atoms. The van der Waals surface area contributed by atoms with Crippen LogP contribution in [-0.4, -0.2) is 55.3 Å². The first-order valence-electron chi connectivity index (χ1n) is 10.1. The van der Waals surface area contributed by atoms with E-state index in [4.69, 9.17) is 27.9 Å². The van der Waals surface area contributed by atoms with Gasteiger partial charge in [0.05, 0.1) is 10.0 Å². The van der Waals surface area contributed by atoms with Crippen LogP contribution < -0.4 is 5.32 Å². The fourth-order valence-electron chi connectivity index (χ4n) is 3.11. The third-order valence-corrected chi connectivity index (χ3v) is 5.56. The Bertz CT molecular complexity index is 727. The number of ether oxygens (including phenoxy) is 1. The number of nitrogens with zero attached hydrogens (tertiary/aromatic N) is 1. The van der Waals surface area contributed by atoms with Gasteiger partial charge in [-0.3, -0.25) is 14.4 Å². The van der Waals surface area contributed by atoms with Gasteiger partial charge < -0.3 is 15.0 Å². The van der Waals surface area contributed by atoms with Crippen molar-refractivity contribution in [3.63, 3.8) is 0 Å². The van der Waals surface area contributed by atoms with E-state index < -0.39 is 17.6 Å². The van der Waals surface area contributed by atoms with E-state index in [1.54, 1.807) is 12.1 Å². The van der Waals surface area contributed by atoms with Crippen LogP contribution in [0.3, 0.4) is 0 Å². The number of nitrogens with one attached hydrogen (secondary N) is 1. The fourth-order valence-corrected chi connectivity index (χ4v) is 3.43. The summed E-state index contributed by atoms with van der Waals surface area (Å²) in [6.07, 6.45) is 4.15. The zero-order chi connectivity index (χ0) is 21.2. The predicted octanol–water partition coefficient (Wildman–Crippen LogP) is 3.28. The van der Waals surface area contributed by atoms with Crippen molar-refractivity contribution < 1.29 is 19.1 Å². The summed E-state index contributed by atoms with van der Waals surface area (Å²) in [5.74, 6) is -2.51. The van der Waals surface area contributed by atoms with Crippen LogP contribution in [0.15, 0.2) is 18.2 Å². The normalized spacial score (nSPS) is 16.5. The minimum Gasteiger partial charge on any atom is -0.381 e. The Kier molecular flexibility index (Phi) is 9.91. The molecule has 160 valence electrons. The smallest absolute Gasteiger partial charge is 0.290 e. The first-order valence-corrected chi connectivity index (χ1v) is 10.8. The van der Waals surface area contributed by atoms with Crippen LogP contribution in [0.5, 0.6) is 0 Å². The van der Waals surface area contributed by atoms with Crippen molar-refractivity contribution in [1.82, 2.24) is 10.2 Å². The van der Waals surface area contributed by atoms with E-state index in [1.165, 1.54) is 4.90 Å². The molecule has 0 saturated carbocycles. The average Bonchev–Trinajstić information content (AvgIpc) is 2.99. The van der Waals surface area contributed by atoms with Crippen LogP contribution in [0.1, 0.15) is 38.2 Å². The Morgan fingerprint density at radius 1 is 1.17 bits per heavy atom. The summed E-state index contributed by atoms with van der Waals surface area (Å²) in [5, 5.41) is 3.76.